The van der Waals surface area contributed by atoms with E-state index in [-0.39, 0.29) is 0 Å². The molecule has 2 N–H and O–H groups in total. The SMILES string of the molecule is CCCc1nc(N)sc1Cc1cccc(OC)c1. The van der Waals surface area contributed by atoms with Crippen LogP contribution in [-0.2, 0) is 12.8 Å². The number of hydrogen-bond donors (Lipinski definition) is 1. The molecule has 96 valence electrons. The van der Waals surface area contributed by atoms with Crippen molar-refractivity contribution >= 4 is 16.5 Å². The molecule has 0 radical (unpaired) electrons. The molecule has 0 aliphatic carbocycles. The van der Waals surface area contributed by atoms with E-state index in [4.69, 9.17) is 10.5 Å². The van der Waals surface area contributed by atoms with Crippen molar-refractivity contribution in [1.82, 2.24) is 4.98 Å². The van der Waals surface area contributed by atoms with Gasteiger partial charge < -0.3 is 10.5 Å². The smallest absolute Gasteiger partial charge is 0.180 e. The Kier molecular flexibility index (Phi) is 4.20. The Balaban J connectivity index is 2.21. The number of anilines is 1. The zero-order valence-corrected chi connectivity index (χ0v) is 11.6. The minimum absolute atomic E-state index is 0.663. The number of nitrogens with two attached hydrogens (primary N) is 1. The van der Waals surface area contributed by atoms with Crippen molar-refractivity contribution < 1.29 is 4.74 Å². The van der Waals surface area contributed by atoms with Crippen molar-refractivity contribution in [3.63, 3.8) is 0 Å². The molecule has 0 saturated heterocycles. The van der Waals surface area contributed by atoms with Gasteiger partial charge in [0.1, 0.15) is 5.75 Å². The van der Waals surface area contributed by atoms with Crippen LogP contribution in [0, 0.1) is 0 Å². The number of hydrogen-bond acceptors (Lipinski definition) is 4. The van der Waals surface area contributed by atoms with Gasteiger partial charge in [-0.2, -0.15) is 0 Å². The number of aromatic nitrogens is 1. The summed E-state index contributed by atoms with van der Waals surface area (Å²) in [5.74, 6) is 0.891. The van der Waals surface area contributed by atoms with Gasteiger partial charge in [0.15, 0.2) is 5.13 Å². The molecule has 2 rings (SSSR count). The minimum atomic E-state index is 0.663. The Morgan fingerprint density at radius 1 is 1.39 bits per heavy atom. The first-order valence-corrected chi connectivity index (χ1v) is 6.91. The molecule has 3 nitrogen and oxygen atoms in total. The number of thiazole rings is 1. The van der Waals surface area contributed by atoms with Gasteiger partial charge >= 0.3 is 0 Å². The molecule has 0 unspecified atom stereocenters. The topological polar surface area (TPSA) is 48.1 Å². The van der Waals surface area contributed by atoms with Crippen LogP contribution in [-0.4, -0.2) is 12.1 Å². The molecule has 1 aromatic carbocycles. The third-order valence-electron chi connectivity index (χ3n) is 2.78. The second-order valence-corrected chi connectivity index (χ2v) is 5.32. The molecule has 1 heterocycles. The predicted molar refractivity (Wildman–Crippen MR) is 76.3 cm³/mol. The lowest BCUT2D eigenvalue weighted by Gasteiger charge is -2.04. The molecule has 0 bridgehead atoms. The third kappa shape index (κ3) is 3.01. The van der Waals surface area contributed by atoms with Crippen LogP contribution in [0.25, 0.3) is 0 Å². The summed E-state index contributed by atoms with van der Waals surface area (Å²) in [5.41, 5.74) is 8.18. The van der Waals surface area contributed by atoms with E-state index in [1.807, 2.05) is 12.1 Å². The Morgan fingerprint density at radius 2 is 2.22 bits per heavy atom. The number of aryl methyl sites for hydroxylation is 1. The molecular weight excluding hydrogens is 244 g/mol. The zero-order chi connectivity index (χ0) is 13.0. The Bertz CT molecular complexity index is 522. The van der Waals surface area contributed by atoms with E-state index < -0.39 is 0 Å². The van der Waals surface area contributed by atoms with Gasteiger partial charge in [-0.1, -0.05) is 25.5 Å². The average molecular weight is 262 g/mol. The van der Waals surface area contributed by atoms with Crippen molar-refractivity contribution in [3.8, 4) is 5.75 Å². The van der Waals surface area contributed by atoms with Crippen molar-refractivity contribution in [2.24, 2.45) is 0 Å². The monoisotopic (exact) mass is 262 g/mol. The lowest BCUT2D eigenvalue weighted by atomic mass is 10.1. The fraction of sp³-hybridized carbons (Fsp3) is 0.357. The van der Waals surface area contributed by atoms with E-state index in [1.165, 1.54) is 10.4 Å². The van der Waals surface area contributed by atoms with E-state index in [0.29, 0.717) is 5.13 Å². The number of ether oxygens (including phenoxy) is 1. The third-order valence-corrected chi connectivity index (χ3v) is 3.71. The maximum absolute atomic E-state index is 5.80. The van der Waals surface area contributed by atoms with Gasteiger partial charge in [-0.25, -0.2) is 4.98 Å². The van der Waals surface area contributed by atoms with Gasteiger partial charge in [-0.05, 0) is 24.1 Å². The normalized spacial score (nSPS) is 10.6. The second-order valence-electron chi connectivity index (χ2n) is 4.20. The van der Waals surface area contributed by atoms with Gasteiger partial charge in [0.2, 0.25) is 0 Å². The van der Waals surface area contributed by atoms with Gasteiger partial charge in [-0.15, -0.1) is 11.3 Å². The van der Waals surface area contributed by atoms with Gasteiger partial charge in [-0.3, -0.25) is 0 Å². The highest BCUT2D eigenvalue weighted by Crippen LogP contribution is 2.25. The summed E-state index contributed by atoms with van der Waals surface area (Å²) in [6.45, 7) is 2.16. The minimum Gasteiger partial charge on any atom is -0.497 e. The lowest BCUT2D eigenvalue weighted by Crippen LogP contribution is -1.93. The van der Waals surface area contributed by atoms with Crippen LogP contribution < -0.4 is 10.5 Å². The summed E-state index contributed by atoms with van der Waals surface area (Å²) in [6.07, 6.45) is 2.96. The average Bonchev–Trinajstić information content (AvgIpc) is 2.70. The largest absolute Gasteiger partial charge is 0.497 e. The molecule has 0 fully saturated rings. The molecule has 18 heavy (non-hydrogen) atoms. The fourth-order valence-corrected chi connectivity index (χ4v) is 2.85. The summed E-state index contributed by atoms with van der Waals surface area (Å²) >= 11 is 1.59. The molecule has 0 saturated carbocycles. The summed E-state index contributed by atoms with van der Waals surface area (Å²) in [4.78, 5) is 5.67. The number of nitrogen functional groups attached to an aromatic ring is 1. The van der Waals surface area contributed by atoms with Crippen molar-refractivity contribution in [2.45, 2.75) is 26.2 Å². The van der Waals surface area contributed by atoms with E-state index in [1.54, 1.807) is 18.4 Å². The number of nitrogens with zero attached hydrogens (tertiary/aromatic N) is 1. The molecule has 0 atom stereocenters. The Labute approximate surface area is 112 Å². The van der Waals surface area contributed by atoms with Crippen molar-refractivity contribution in [2.75, 3.05) is 12.8 Å². The molecule has 0 spiro atoms. The van der Waals surface area contributed by atoms with Crippen LogP contribution in [0.5, 0.6) is 5.75 Å². The summed E-state index contributed by atoms with van der Waals surface area (Å²) < 4.78 is 5.24. The van der Waals surface area contributed by atoms with E-state index in [2.05, 4.69) is 24.0 Å². The number of benzene rings is 1. The van der Waals surface area contributed by atoms with Crippen molar-refractivity contribution in [1.29, 1.82) is 0 Å². The summed E-state index contributed by atoms with van der Waals surface area (Å²) in [6, 6.07) is 8.13. The highest BCUT2D eigenvalue weighted by molar-refractivity contribution is 7.15. The standard InChI is InChI=1S/C14H18N2OS/c1-3-5-12-13(18-14(15)16-12)9-10-6-4-7-11(8-10)17-2/h4,6-8H,3,5,9H2,1-2H3,(H2,15,16). The molecule has 4 heteroatoms. The van der Waals surface area contributed by atoms with Gasteiger partial charge in [0.25, 0.3) is 0 Å². The van der Waals surface area contributed by atoms with E-state index >= 15 is 0 Å². The van der Waals surface area contributed by atoms with Gasteiger partial charge in [0.05, 0.1) is 12.8 Å². The van der Waals surface area contributed by atoms with Crippen LogP contribution in [0.2, 0.25) is 0 Å². The first kappa shape index (κ1) is 12.9. The van der Waals surface area contributed by atoms with Crippen LogP contribution in [0.4, 0.5) is 5.13 Å². The summed E-state index contributed by atoms with van der Waals surface area (Å²) in [7, 11) is 1.69. The molecule has 0 aliphatic rings. The van der Waals surface area contributed by atoms with Crippen LogP contribution in [0.1, 0.15) is 29.5 Å². The first-order chi connectivity index (χ1) is 8.72. The quantitative estimate of drug-likeness (QED) is 0.899. The van der Waals surface area contributed by atoms with Crippen LogP contribution >= 0.6 is 11.3 Å². The molecule has 0 amide bonds. The molecular formula is C14H18N2OS. The molecule has 2 aromatic rings. The number of methoxy groups -OCH3 is 1. The number of rotatable bonds is 5. The van der Waals surface area contributed by atoms with Crippen LogP contribution in [0.15, 0.2) is 24.3 Å². The Hall–Kier alpha value is -1.55. The zero-order valence-electron chi connectivity index (χ0n) is 10.8. The van der Waals surface area contributed by atoms with Crippen LogP contribution in [0.3, 0.4) is 0 Å². The van der Waals surface area contributed by atoms with E-state index in [0.717, 1.165) is 30.7 Å². The highest BCUT2D eigenvalue weighted by Gasteiger charge is 2.09. The van der Waals surface area contributed by atoms with Crippen molar-refractivity contribution in [3.05, 3.63) is 40.4 Å². The second kappa shape index (κ2) is 5.87. The van der Waals surface area contributed by atoms with Gasteiger partial charge in [0, 0.05) is 11.3 Å². The Morgan fingerprint density at radius 3 is 2.94 bits per heavy atom. The summed E-state index contributed by atoms with van der Waals surface area (Å²) in [5, 5.41) is 0.663. The van der Waals surface area contributed by atoms with E-state index in [9.17, 15) is 0 Å². The molecule has 0 aliphatic heterocycles. The highest BCUT2D eigenvalue weighted by atomic mass is 32.1. The first-order valence-electron chi connectivity index (χ1n) is 6.10. The maximum atomic E-state index is 5.80. The fourth-order valence-electron chi connectivity index (χ4n) is 1.94. The maximum Gasteiger partial charge on any atom is 0.180 e. The lowest BCUT2D eigenvalue weighted by molar-refractivity contribution is 0.414. The molecule has 1 aromatic heterocycles. The predicted octanol–water partition coefficient (Wildman–Crippen LogP) is 3.28.